The van der Waals surface area contributed by atoms with E-state index in [2.05, 4.69) is 21.2 Å². The molecule has 0 fully saturated rings. The number of benzene rings is 3. The second-order valence-corrected chi connectivity index (χ2v) is 7.20. The van der Waals surface area contributed by atoms with Crippen molar-refractivity contribution in [2.24, 2.45) is 0 Å². The molecule has 31 heavy (non-hydrogen) atoms. The first kappa shape index (κ1) is 22.5. The van der Waals surface area contributed by atoms with Crippen LogP contribution in [0.4, 0.5) is 18.9 Å². The first-order valence-electron chi connectivity index (χ1n) is 8.96. The van der Waals surface area contributed by atoms with Gasteiger partial charge in [0, 0.05) is 10.5 Å². The predicted octanol–water partition coefficient (Wildman–Crippen LogP) is 6.29. The van der Waals surface area contributed by atoms with Crippen LogP contribution < -0.4 is 19.5 Å². The monoisotopic (exact) mass is 495 g/mol. The Morgan fingerprint density at radius 2 is 1.68 bits per heavy atom. The van der Waals surface area contributed by atoms with Gasteiger partial charge in [0.25, 0.3) is 5.91 Å². The highest BCUT2D eigenvalue weighted by molar-refractivity contribution is 9.10. The van der Waals surface area contributed by atoms with Crippen LogP contribution in [0.25, 0.3) is 0 Å². The third-order valence-corrected chi connectivity index (χ3v) is 4.51. The highest BCUT2D eigenvalue weighted by Gasteiger charge is 2.31. The molecule has 1 N–H and O–H groups in total. The summed E-state index contributed by atoms with van der Waals surface area (Å²) in [5, 5.41) is 2.42. The molecule has 3 rings (SSSR count). The van der Waals surface area contributed by atoms with Gasteiger partial charge in [0.05, 0.1) is 18.4 Å². The molecule has 162 valence electrons. The molecule has 0 unspecified atom stereocenters. The van der Waals surface area contributed by atoms with Crippen LogP contribution in [0.1, 0.15) is 5.56 Å². The summed E-state index contributed by atoms with van der Waals surface area (Å²) < 4.78 is 56.5. The molecule has 0 spiro atoms. The van der Waals surface area contributed by atoms with Gasteiger partial charge in [-0.15, -0.1) is 0 Å². The van der Waals surface area contributed by atoms with Gasteiger partial charge in [-0.3, -0.25) is 4.79 Å². The van der Waals surface area contributed by atoms with E-state index >= 15 is 0 Å². The number of hydrogen-bond donors (Lipinski definition) is 1. The van der Waals surface area contributed by atoms with Crippen molar-refractivity contribution >= 4 is 27.5 Å². The Bertz CT molecular complexity index is 1070. The number of methoxy groups -OCH3 is 1. The van der Waals surface area contributed by atoms with Gasteiger partial charge in [0.15, 0.2) is 12.4 Å². The fourth-order valence-corrected chi connectivity index (χ4v) is 2.95. The second kappa shape index (κ2) is 9.74. The van der Waals surface area contributed by atoms with Gasteiger partial charge < -0.3 is 19.5 Å². The van der Waals surface area contributed by atoms with E-state index in [9.17, 15) is 18.0 Å². The molecule has 0 aromatic heterocycles. The summed E-state index contributed by atoms with van der Waals surface area (Å²) in [6, 6.07) is 16.2. The minimum absolute atomic E-state index is 0.0389. The van der Waals surface area contributed by atoms with Crippen LogP contribution >= 0.6 is 15.9 Å². The number of carbonyl (C=O) groups is 1. The molecule has 3 aromatic carbocycles. The van der Waals surface area contributed by atoms with Gasteiger partial charge in [-0.2, -0.15) is 13.2 Å². The SMILES string of the molecule is COc1cccc(Oc2ccc(C(F)(F)F)cc2NC(=O)COc2cccc(Br)c2)c1. The van der Waals surface area contributed by atoms with Crippen LogP contribution in [0.5, 0.6) is 23.0 Å². The highest BCUT2D eigenvalue weighted by Crippen LogP contribution is 2.37. The summed E-state index contributed by atoms with van der Waals surface area (Å²) >= 11 is 3.29. The summed E-state index contributed by atoms with van der Waals surface area (Å²) in [6.07, 6.45) is -4.58. The lowest BCUT2D eigenvalue weighted by atomic mass is 10.1. The smallest absolute Gasteiger partial charge is 0.416 e. The van der Waals surface area contributed by atoms with E-state index < -0.39 is 24.3 Å². The largest absolute Gasteiger partial charge is 0.497 e. The molecule has 0 heterocycles. The van der Waals surface area contributed by atoms with Crippen LogP contribution in [0, 0.1) is 0 Å². The lowest BCUT2D eigenvalue weighted by Gasteiger charge is -2.16. The Balaban J connectivity index is 1.80. The summed E-state index contributed by atoms with van der Waals surface area (Å²) in [5.74, 6) is 0.672. The zero-order valence-corrected chi connectivity index (χ0v) is 17.8. The minimum atomic E-state index is -4.58. The van der Waals surface area contributed by atoms with E-state index in [1.165, 1.54) is 7.11 Å². The maximum Gasteiger partial charge on any atom is 0.416 e. The van der Waals surface area contributed by atoms with Crippen LogP contribution in [-0.2, 0) is 11.0 Å². The van der Waals surface area contributed by atoms with Crippen molar-refractivity contribution in [3.05, 3.63) is 76.8 Å². The Hall–Kier alpha value is -3.20. The number of amides is 1. The fourth-order valence-electron chi connectivity index (χ4n) is 2.58. The molecule has 0 radical (unpaired) electrons. The van der Waals surface area contributed by atoms with Gasteiger partial charge in [-0.1, -0.05) is 28.1 Å². The van der Waals surface area contributed by atoms with Gasteiger partial charge in [-0.25, -0.2) is 0 Å². The van der Waals surface area contributed by atoms with Crippen LogP contribution in [0.3, 0.4) is 0 Å². The Morgan fingerprint density at radius 3 is 2.39 bits per heavy atom. The molecule has 0 aliphatic heterocycles. The van der Waals surface area contributed by atoms with E-state index in [1.807, 2.05) is 0 Å². The number of carbonyl (C=O) groups excluding carboxylic acids is 1. The molecule has 0 saturated carbocycles. The lowest BCUT2D eigenvalue weighted by molar-refractivity contribution is -0.137. The van der Waals surface area contributed by atoms with Gasteiger partial charge in [0.2, 0.25) is 0 Å². The molecule has 9 heteroatoms. The number of rotatable bonds is 7. The third-order valence-electron chi connectivity index (χ3n) is 4.02. The average molecular weight is 496 g/mol. The Labute approximate surface area is 184 Å². The predicted molar refractivity (Wildman–Crippen MR) is 113 cm³/mol. The molecule has 0 aliphatic rings. The molecule has 5 nitrogen and oxygen atoms in total. The zero-order chi connectivity index (χ0) is 22.4. The van der Waals surface area contributed by atoms with Gasteiger partial charge in [-0.05, 0) is 48.5 Å². The summed E-state index contributed by atoms with van der Waals surface area (Å²) in [4.78, 5) is 12.3. The van der Waals surface area contributed by atoms with Crippen LogP contribution in [0.15, 0.2) is 71.2 Å². The van der Waals surface area contributed by atoms with Gasteiger partial charge >= 0.3 is 6.18 Å². The molecule has 0 bridgehead atoms. The van der Waals surface area contributed by atoms with Crippen LogP contribution in [0.2, 0.25) is 0 Å². The number of alkyl halides is 3. The van der Waals surface area contributed by atoms with E-state index in [4.69, 9.17) is 14.2 Å². The highest BCUT2D eigenvalue weighted by atomic mass is 79.9. The molecule has 3 aromatic rings. The molecule has 0 aliphatic carbocycles. The molecular weight excluding hydrogens is 479 g/mol. The van der Waals surface area contributed by atoms with Crippen molar-refractivity contribution in [3.63, 3.8) is 0 Å². The molecule has 0 saturated heterocycles. The number of ether oxygens (including phenoxy) is 3. The normalized spacial score (nSPS) is 11.0. The van der Waals surface area contributed by atoms with E-state index in [-0.39, 0.29) is 11.4 Å². The molecular formula is C22H17BrF3NO4. The van der Waals surface area contributed by atoms with E-state index in [0.29, 0.717) is 17.2 Å². The minimum Gasteiger partial charge on any atom is -0.497 e. The van der Waals surface area contributed by atoms with Crippen molar-refractivity contribution in [1.29, 1.82) is 0 Å². The lowest BCUT2D eigenvalue weighted by Crippen LogP contribution is -2.21. The standard InChI is InChI=1S/C22H17BrF3NO4/c1-29-16-5-3-7-18(12-16)31-20-9-8-14(22(24,25)26)10-19(20)27-21(28)13-30-17-6-2-4-15(23)11-17/h2-12H,13H2,1H3,(H,27,28). The maximum atomic E-state index is 13.2. The Kier molecular flexibility index (Phi) is 7.06. The summed E-state index contributed by atoms with van der Waals surface area (Å²) in [7, 11) is 1.48. The van der Waals surface area contributed by atoms with Crippen molar-refractivity contribution in [2.45, 2.75) is 6.18 Å². The topological polar surface area (TPSA) is 56.8 Å². The number of halogens is 4. The van der Waals surface area contributed by atoms with Crippen molar-refractivity contribution in [3.8, 4) is 23.0 Å². The first-order valence-corrected chi connectivity index (χ1v) is 9.75. The number of anilines is 1. The quantitative estimate of drug-likeness (QED) is 0.418. The third kappa shape index (κ3) is 6.39. The molecule has 1 amide bonds. The number of nitrogens with one attached hydrogen (secondary N) is 1. The van der Waals surface area contributed by atoms with E-state index in [1.54, 1.807) is 48.5 Å². The zero-order valence-electron chi connectivity index (χ0n) is 16.2. The van der Waals surface area contributed by atoms with Crippen molar-refractivity contribution < 1.29 is 32.2 Å². The summed E-state index contributed by atoms with van der Waals surface area (Å²) in [5.41, 5.74) is -1.06. The maximum absolute atomic E-state index is 13.2. The molecule has 0 atom stereocenters. The average Bonchev–Trinajstić information content (AvgIpc) is 2.73. The van der Waals surface area contributed by atoms with E-state index in [0.717, 1.165) is 22.7 Å². The summed E-state index contributed by atoms with van der Waals surface area (Å²) in [6.45, 7) is -0.398. The first-order chi connectivity index (χ1) is 14.7. The van der Waals surface area contributed by atoms with Gasteiger partial charge in [0.1, 0.15) is 17.2 Å². The van der Waals surface area contributed by atoms with Crippen molar-refractivity contribution in [1.82, 2.24) is 0 Å². The fraction of sp³-hybridized carbons (Fsp3) is 0.136. The second-order valence-electron chi connectivity index (χ2n) is 6.28. The van der Waals surface area contributed by atoms with Crippen molar-refractivity contribution in [2.75, 3.05) is 19.0 Å². The van der Waals surface area contributed by atoms with Crippen LogP contribution in [-0.4, -0.2) is 19.6 Å². The Morgan fingerprint density at radius 1 is 0.968 bits per heavy atom. The number of hydrogen-bond acceptors (Lipinski definition) is 4.